The van der Waals surface area contributed by atoms with Gasteiger partial charge in [0, 0.05) is 32.2 Å². The van der Waals surface area contributed by atoms with E-state index in [-0.39, 0.29) is 0 Å². The van der Waals surface area contributed by atoms with E-state index in [1.807, 2.05) is 0 Å². The molecule has 2 bridgehead atoms. The second-order valence-corrected chi connectivity index (χ2v) is 5.90. The molecule has 0 aromatic rings. The Hall–Kier alpha value is -0.160. The topological polar surface area (TPSA) is 41.7 Å². The summed E-state index contributed by atoms with van der Waals surface area (Å²) < 4.78 is 5.86. The number of piperidine rings is 1. The normalized spacial score (nSPS) is 36.5. The van der Waals surface area contributed by atoms with Crippen LogP contribution in [0, 0.1) is 0 Å². The third kappa shape index (κ3) is 2.99. The van der Waals surface area contributed by atoms with Crippen LogP contribution in [0.15, 0.2) is 0 Å². The van der Waals surface area contributed by atoms with E-state index in [0.29, 0.717) is 18.2 Å². The van der Waals surface area contributed by atoms with Crippen LogP contribution >= 0.6 is 0 Å². The molecular formula is C13H25N3O. The SMILES string of the molecule is NC1CCN(CCN2CC3CCC(C2)O3)CC1. The predicted molar refractivity (Wildman–Crippen MR) is 68.0 cm³/mol. The lowest BCUT2D eigenvalue weighted by Gasteiger charge is -2.35. The van der Waals surface area contributed by atoms with E-state index in [9.17, 15) is 0 Å². The maximum Gasteiger partial charge on any atom is 0.0707 e. The first kappa shape index (κ1) is 11.9. The van der Waals surface area contributed by atoms with Crippen LogP contribution in [0.4, 0.5) is 0 Å². The maximum atomic E-state index is 5.93. The Morgan fingerprint density at radius 2 is 1.47 bits per heavy atom. The predicted octanol–water partition coefficient (Wildman–Crippen LogP) is 0.273. The first-order valence-electron chi connectivity index (χ1n) is 7.15. The van der Waals surface area contributed by atoms with Gasteiger partial charge < -0.3 is 15.4 Å². The molecule has 2 unspecified atom stereocenters. The highest BCUT2D eigenvalue weighted by Crippen LogP contribution is 2.25. The fraction of sp³-hybridized carbons (Fsp3) is 1.00. The van der Waals surface area contributed by atoms with Crippen LogP contribution in [0.1, 0.15) is 25.7 Å². The largest absolute Gasteiger partial charge is 0.372 e. The molecule has 0 aromatic heterocycles. The van der Waals surface area contributed by atoms with Gasteiger partial charge in [-0.1, -0.05) is 0 Å². The number of hydrogen-bond donors (Lipinski definition) is 1. The molecule has 3 fully saturated rings. The zero-order chi connectivity index (χ0) is 11.7. The molecule has 0 aliphatic carbocycles. The van der Waals surface area contributed by atoms with Crippen molar-refractivity contribution in [2.24, 2.45) is 5.73 Å². The minimum absolute atomic E-state index is 0.450. The monoisotopic (exact) mass is 239 g/mol. The fourth-order valence-electron chi connectivity index (χ4n) is 3.34. The Kier molecular flexibility index (Phi) is 3.66. The molecule has 17 heavy (non-hydrogen) atoms. The summed E-state index contributed by atoms with van der Waals surface area (Å²) in [6.07, 6.45) is 5.97. The van der Waals surface area contributed by atoms with E-state index in [1.54, 1.807) is 0 Å². The summed E-state index contributed by atoms with van der Waals surface area (Å²) in [7, 11) is 0. The van der Waals surface area contributed by atoms with E-state index < -0.39 is 0 Å². The smallest absolute Gasteiger partial charge is 0.0707 e. The highest BCUT2D eigenvalue weighted by Gasteiger charge is 2.33. The average Bonchev–Trinajstić information content (AvgIpc) is 2.68. The first-order valence-corrected chi connectivity index (χ1v) is 7.15. The number of likely N-dealkylation sites (tertiary alicyclic amines) is 2. The summed E-state index contributed by atoms with van der Waals surface area (Å²) >= 11 is 0. The summed E-state index contributed by atoms with van der Waals surface area (Å²) in [6, 6.07) is 0.450. The van der Waals surface area contributed by atoms with E-state index >= 15 is 0 Å². The van der Waals surface area contributed by atoms with Crippen molar-refractivity contribution in [3.8, 4) is 0 Å². The standard InChI is InChI=1S/C13H25N3O/c14-11-3-5-15(6-4-11)7-8-16-9-12-1-2-13(10-16)17-12/h11-13H,1-10,14H2. The van der Waals surface area contributed by atoms with Crippen molar-refractivity contribution < 1.29 is 4.74 Å². The van der Waals surface area contributed by atoms with Gasteiger partial charge in [0.15, 0.2) is 0 Å². The lowest BCUT2D eigenvalue weighted by Crippen LogP contribution is -2.47. The van der Waals surface area contributed by atoms with Crippen LogP contribution in [0.25, 0.3) is 0 Å². The van der Waals surface area contributed by atoms with Crippen molar-refractivity contribution in [1.82, 2.24) is 9.80 Å². The molecule has 98 valence electrons. The Morgan fingerprint density at radius 3 is 2.12 bits per heavy atom. The minimum atomic E-state index is 0.450. The third-order valence-corrected chi connectivity index (χ3v) is 4.48. The van der Waals surface area contributed by atoms with Gasteiger partial charge in [0.05, 0.1) is 12.2 Å². The van der Waals surface area contributed by atoms with Gasteiger partial charge >= 0.3 is 0 Å². The number of fused-ring (bicyclic) bond motifs is 2. The quantitative estimate of drug-likeness (QED) is 0.768. The van der Waals surface area contributed by atoms with Crippen LogP contribution in [0.3, 0.4) is 0 Å². The average molecular weight is 239 g/mol. The molecule has 2 N–H and O–H groups in total. The van der Waals surface area contributed by atoms with Gasteiger partial charge in [0.1, 0.15) is 0 Å². The summed E-state index contributed by atoms with van der Waals surface area (Å²) in [5.74, 6) is 0. The molecule has 0 saturated carbocycles. The minimum Gasteiger partial charge on any atom is -0.372 e. The van der Waals surface area contributed by atoms with Crippen molar-refractivity contribution in [3.05, 3.63) is 0 Å². The van der Waals surface area contributed by atoms with Gasteiger partial charge in [0.25, 0.3) is 0 Å². The van der Waals surface area contributed by atoms with E-state index in [4.69, 9.17) is 10.5 Å². The van der Waals surface area contributed by atoms with Crippen LogP contribution < -0.4 is 5.73 Å². The summed E-state index contributed by atoms with van der Waals surface area (Å²) in [5.41, 5.74) is 5.93. The molecule has 0 aromatic carbocycles. The maximum absolute atomic E-state index is 5.93. The number of nitrogens with two attached hydrogens (primary N) is 1. The Labute approximate surface area is 104 Å². The van der Waals surface area contributed by atoms with Crippen LogP contribution in [0.2, 0.25) is 0 Å². The van der Waals surface area contributed by atoms with Crippen molar-refractivity contribution in [3.63, 3.8) is 0 Å². The summed E-state index contributed by atoms with van der Waals surface area (Å²) in [5, 5.41) is 0. The molecule has 3 rings (SSSR count). The number of hydrogen-bond acceptors (Lipinski definition) is 4. The third-order valence-electron chi connectivity index (χ3n) is 4.48. The Balaban J connectivity index is 1.39. The Bertz CT molecular complexity index is 241. The number of morpholine rings is 1. The number of rotatable bonds is 3. The van der Waals surface area contributed by atoms with E-state index in [2.05, 4.69) is 9.80 Å². The van der Waals surface area contributed by atoms with Crippen LogP contribution in [-0.2, 0) is 4.74 Å². The van der Waals surface area contributed by atoms with Gasteiger partial charge in [-0.25, -0.2) is 0 Å². The molecule has 4 nitrogen and oxygen atoms in total. The van der Waals surface area contributed by atoms with E-state index in [1.165, 1.54) is 51.9 Å². The second kappa shape index (κ2) is 5.22. The van der Waals surface area contributed by atoms with E-state index in [0.717, 1.165) is 13.1 Å². The van der Waals surface area contributed by atoms with Gasteiger partial charge in [-0.15, -0.1) is 0 Å². The van der Waals surface area contributed by atoms with Gasteiger partial charge in [-0.05, 0) is 38.8 Å². The lowest BCUT2D eigenvalue weighted by atomic mass is 10.1. The molecule has 0 radical (unpaired) electrons. The molecule has 0 spiro atoms. The Morgan fingerprint density at radius 1 is 0.882 bits per heavy atom. The fourth-order valence-corrected chi connectivity index (χ4v) is 3.34. The second-order valence-electron chi connectivity index (χ2n) is 5.90. The van der Waals surface area contributed by atoms with Gasteiger partial charge in [0.2, 0.25) is 0 Å². The van der Waals surface area contributed by atoms with Gasteiger partial charge in [-0.3, -0.25) is 4.90 Å². The molecule has 4 heteroatoms. The first-order chi connectivity index (χ1) is 8.29. The molecule has 2 atom stereocenters. The molecule has 3 heterocycles. The van der Waals surface area contributed by atoms with Crippen LogP contribution in [0.5, 0.6) is 0 Å². The van der Waals surface area contributed by atoms with Crippen molar-refractivity contribution >= 4 is 0 Å². The number of nitrogens with zero attached hydrogens (tertiary/aromatic N) is 2. The molecule has 3 aliphatic heterocycles. The summed E-state index contributed by atoms with van der Waals surface area (Å²) in [4.78, 5) is 5.17. The van der Waals surface area contributed by atoms with Crippen molar-refractivity contribution in [2.75, 3.05) is 39.3 Å². The lowest BCUT2D eigenvalue weighted by molar-refractivity contribution is -0.0405. The zero-order valence-corrected chi connectivity index (χ0v) is 10.7. The molecular weight excluding hydrogens is 214 g/mol. The van der Waals surface area contributed by atoms with Crippen molar-refractivity contribution in [2.45, 2.75) is 43.9 Å². The molecule has 0 amide bonds. The highest BCUT2D eigenvalue weighted by molar-refractivity contribution is 4.85. The molecule has 3 saturated heterocycles. The van der Waals surface area contributed by atoms with Gasteiger partial charge in [-0.2, -0.15) is 0 Å². The number of ether oxygens (including phenoxy) is 1. The highest BCUT2D eigenvalue weighted by atomic mass is 16.5. The summed E-state index contributed by atoms with van der Waals surface area (Å²) in [6.45, 7) is 7.13. The molecule has 3 aliphatic rings. The van der Waals surface area contributed by atoms with Crippen molar-refractivity contribution in [1.29, 1.82) is 0 Å². The zero-order valence-electron chi connectivity index (χ0n) is 10.7. The van der Waals surface area contributed by atoms with Crippen LogP contribution in [-0.4, -0.2) is 67.3 Å².